The number of Topliss-reactive ketones (excluding diaryl/α,β-unsaturated/α-hetero) is 2. The van der Waals surface area contributed by atoms with Gasteiger partial charge in [-0.2, -0.15) is 0 Å². The second-order valence-corrected chi connectivity index (χ2v) is 21.3. The smallest absolute Gasteiger partial charge is 0.407 e. The average Bonchev–Trinajstić information content (AvgIpc) is 3.32. The Morgan fingerprint density at radius 1 is 0.770 bits per heavy atom. The van der Waals surface area contributed by atoms with E-state index in [0.717, 1.165) is 36.8 Å². The number of methoxy groups -OCH3 is 1. The van der Waals surface area contributed by atoms with Crippen LogP contribution < -0.4 is 25.4 Å². The van der Waals surface area contributed by atoms with Crippen molar-refractivity contribution in [2.24, 2.45) is 11.8 Å². The zero-order chi connectivity index (χ0) is 54.8. The Kier molecular flexibility index (Phi) is 23.0. The molecule has 1 heterocycles. The number of alkyl carbamates (subject to hydrolysis) is 2. The number of amides is 4. The Morgan fingerprint density at radius 2 is 1.41 bits per heavy atom. The monoisotopic (exact) mass is 1030 g/mol. The molecule has 3 N–H and O–H groups in total. The van der Waals surface area contributed by atoms with Crippen LogP contribution in [-0.4, -0.2) is 104 Å². The molecule has 4 bridgehead atoms. The van der Waals surface area contributed by atoms with Crippen molar-refractivity contribution < 1.29 is 57.2 Å². The molecule has 4 atom stereocenters. The number of likely N-dealkylation sites (N-methyl/N-ethyl adjacent to an activating group) is 1. The van der Waals surface area contributed by atoms with Gasteiger partial charge in [-0.1, -0.05) is 70.4 Å². The number of carbonyl (C=O) groups excluding carboxylic acids is 7. The number of ketones is 2. The van der Waals surface area contributed by atoms with Crippen molar-refractivity contribution in [3.8, 4) is 22.6 Å². The molecule has 0 fully saturated rings. The first-order chi connectivity index (χ1) is 34.9. The van der Waals surface area contributed by atoms with Gasteiger partial charge in [-0.25, -0.2) is 14.4 Å². The summed E-state index contributed by atoms with van der Waals surface area (Å²) in [6.45, 7) is 18.7. The summed E-state index contributed by atoms with van der Waals surface area (Å²) in [7, 11) is 2.73. The van der Waals surface area contributed by atoms with E-state index in [1.165, 1.54) is 31.0 Å². The van der Waals surface area contributed by atoms with Gasteiger partial charge in [-0.05, 0) is 126 Å². The summed E-state index contributed by atoms with van der Waals surface area (Å²) in [5, 5.41) is 8.21. The third-order valence-electron chi connectivity index (χ3n) is 12.5. The summed E-state index contributed by atoms with van der Waals surface area (Å²) in [5.41, 5.74) is 3.60. The number of nitrogens with zero attached hydrogens (tertiary/aromatic N) is 1. The number of carbonyl (C=O) groups is 7. The summed E-state index contributed by atoms with van der Waals surface area (Å²) in [5.74, 6) is -3.58. The highest BCUT2D eigenvalue weighted by Crippen LogP contribution is 2.41. The van der Waals surface area contributed by atoms with Crippen LogP contribution in [0.1, 0.15) is 148 Å². The highest BCUT2D eigenvalue weighted by molar-refractivity contribution is 5.96. The van der Waals surface area contributed by atoms with Gasteiger partial charge < -0.3 is 44.5 Å². The quantitative estimate of drug-likeness (QED) is 0.0489. The lowest BCUT2D eigenvalue weighted by molar-refractivity contribution is -0.146. The Morgan fingerprint density at radius 3 is 2.03 bits per heavy atom. The van der Waals surface area contributed by atoms with Crippen LogP contribution in [0.15, 0.2) is 54.6 Å². The highest BCUT2D eigenvalue weighted by atomic mass is 16.6. The third-order valence-corrected chi connectivity index (χ3v) is 12.5. The van der Waals surface area contributed by atoms with Crippen LogP contribution in [0.4, 0.5) is 9.59 Å². The SMILES string of the molecule is CCCCCCc1ccc(CC(=O)C[C@@H](CCNC(=O)OC(C)(C)C)C(=O)N(C)[C@@H]2C(=O)C[C@@H](C)C(=O)N[C@H](C(=O)OC)Cc3ccc(OCCNC(=O)OC(C)(C)C)c(c3)-c3cc2ccc3OCCC)c(C)c1. The molecule has 406 valence electrons. The van der Waals surface area contributed by atoms with Gasteiger partial charge in [0.1, 0.15) is 47.2 Å². The van der Waals surface area contributed by atoms with Crippen LogP contribution in [0.3, 0.4) is 0 Å². The van der Waals surface area contributed by atoms with Gasteiger partial charge in [0.2, 0.25) is 11.8 Å². The summed E-state index contributed by atoms with van der Waals surface area (Å²) >= 11 is 0. The highest BCUT2D eigenvalue weighted by Gasteiger charge is 2.36. The zero-order valence-corrected chi connectivity index (χ0v) is 46.0. The molecule has 4 rings (SSSR count). The number of benzene rings is 3. The maximum atomic E-state index is 15.1. The summed E-state index contributed by atoms with van der Waals surface area (Å²) in [6, 6.07) is 14.2. The number of rotatable bonds is 22. The van der Waals surface area contributed by atoms with E-state index in [2.05, 4.69) is 35.0 Å². The first-order valence-corrected chi connectivity index (χ1v) is 26.2. The van der Waals surface area contributed by atoms with Crippen molar-refractivity contribution in [3.63, 3.8) is 0 Å². The van der Waals surface area contributed by atoms with E-state index in [1.807, 2.05) is 19.9 Å². The number of ether oxygens (including phenoxy) is 5. The Balaban J connectivity index is 1.82. The molecule has 16 heteroatoms. The standard InChI is InChI=1S/C58H82N4O12/c1-13-15-16-17-18-39-19-21-41(37(3)30-39)34-44(63)35-43(25-26-59-55(68)73-57(5,6)7)53(66)62(11)51-42-22-24-50(71-28-14-2)46(36-42)45-32-40(20-23-49(45)72-29-27-60-56(69)74-58(8,9)10)33-47(54(67)70-12)61-52(65)38(4)31-48(51)64/h19-24,30,32,36,38,43,47,51H,13-18,25-29,31,33-35H2,1-12H3,(H,59,68)(H,60,69)(H,61,65)/t38-,43-,47+,51+/m1/s1. The van der Waals surface area contributed by atoms with Gasteiger partial charge in [0.15, 0.2) is 5.78 Å². The van der Waals surface area contributed by atoms with Crippen molar-refractivity contribution in [3.05, 3.63) is 82.4 Å². The van der Waals surface area contributed by atoms with Crippen molar-refractivity contribution in [1.82, 2.24) is 20.9 Å². The van der Waals surface area contributed by atoms with Crippen molar-refractivity contribution in [2.75, 3.05) is 40.5 Å². The zero-order valence-electron chi connectivity index (χ0n) is 46.0. The third kappa shape index (κ3) is 19.1. The number of aryl methyl sites for hydroxylation is 2. The van der Waals surface area contributed by atoms with Crippen LogP contribution in [0, 0.1) is 18.8 Å². The number of nitrogens with one attached hydrogen (secondary N) is 3. The fraction of sp³-hybridized carbons (Fsp3) is 0.569. The van der Waals surface area contributed by atoms with Crippen molar-refractivity contribution in [1.29, 1.82) is 0 Å². The van der Waals surface area contributed by atoms with Crippen molar-refractivity contribution >= 4 is 41.5 Å². The molecule has 4 amide bonds. The number of unbranched alkanes of at least 4 members (excludes halogenated alkanes) is 3. The van der Waals surface area contributed by atoms with E-state index in [0.29, 0.717) is 46.8 Å². The molecule has 0 saturated heterocycles. The van der Waals surface area contributed by atoms with Gasteiger partial charge in [-0.15, -0.1) is 0 Å². The number of hydrogen-bond acceptors (Lipinski definition) is 12. The van der Waals surface area contributed by atoms with Gasteiger partial charge in [0, 0.05) is 62.2 Å². The second kappa shape index (κ2) is 28.3. The molecule has 16 nitrogen and oxygen atoms in total. The van der Waals surface area contributed by atoms with Crippen molar-refractivity contribution in [2.45, 2.75) is 163 Å². The first-order valence-electron chi connectivity index (χ1n) is 26.2. The molecule has 0 aliphatic carbocycles. The van der Waals surface area contributed by atoms with E-state index in [9.17, 15) is 28.8 Å². The fourth-order valence-corrected chi connectivity index (χ4v) is 8.77. The van der Waals surface area contributed by atoms with E-state index < -0.39 is 70.9 Å². The lowest BCUT2D eigenvalue weighted by atomic mass is 9.88. The lowest BCUT2D eigenvalue weighted by Crippen LogP contribution is -2.46. The molecule has 0 saturated carbocycles. The summed E-state index contributed by atoms with van der Waals surface area (Å²) in [4.78, 5) is 98.0. The largest absolute Gasteiger partial charge is 0.493 e. The maximum absolute atomic E-state index is 15.1. The summed E-state index contributed by atoms with van der Waals surface area (Å²) < 4.78 is 28.6. The van der Waals surface area contributed by atoms with E-state index >= 15 is 4.79 Å². The molecule has 3 aromatic rings. The van der Waals surface area contributed by atoms with E-state index in [1.54, 1.807) is 84.9 Å². The summed E-state index contributed by atoms with van der Waals surface area (Å²) in [6.07, 6.45) is 4.56. The molecule has 1 aliphatic rings. The molecule has 0 unspecified atom stereocenters. The van der Waals surface area contributed by atoms with E-state index in [4.69, 9.17) is 23.7 Å². The van der Waals surface area contributed by atoms with Crippen LogP contribution in [-0.2, 0) is 57.4 Å². The molecule has 0 spiro atoms. The molecular weight excluding hydrogens is 945 g/mol. The second-order valence-electron chi connectivity index (χ2n) is 21.3. The van der Waals surface area contributed by atoms with Gasteiger partial charge in [0.05, 0.1) is 20.3 Å². The predicted molar refractivity (Wildman–Crippen MR) is 284 cm³/mol. The molecule has 0 radical (unpaired) electrons. The van der Waals surface area contributed by atoms with Gasteiger partial charge in [0.25, 0.3) is 0 Å². The van der Waals surface area contributed by atoms with Crippen LogP contribution in [0.5, 0.6) is 11.5 Å². The first kappa shape index (κ1) is 60.1. The van der Waals surface area contributed by atoms with Crippen LogP contribution in [0.2, 0.25) is 0 Å². The molecule has 0 aromatic heterocycles. The predicted octanol–water partition coefficient (Wildman–Crippen LogP) is 9.52. The molecule has 1 aliphatic heterocycles. The Hall–Kier alpha value is -6.45. The van der Waals surface area contributed by atoms with Gasteiger partial charge in [-0.3, -0.25) is 19.2 Å². The normalized spacial score (nSPS) is 16.4. The molecule has 74 heavy (non-hydrogen) atoms. The van der Waals surface area contributed by atoms with Crippen LogP contribution in [0.25, 0.3) is 11.1 Å². The Labute approximate surface area is 438 Å². The minimum atomic E-state index is -1.29. The number of hydrogen-bond donors (Lipinski definition) is 3. The lowest BCUT2D eigenvalue weighted by Gasteiger charge is -2.32. The van der Waals surface area contributed by atoms with Crippen LogP contribution >= 0.6 is 0 Å². The minimum absolute atomic E-state index is 0.00456. The number of esters is 1. The van der Waals surface area contributed by atoms with Gasteiger partial charge >= 0.3 is 18.2 Å². The molecular formula is C58H82N4O12. The fourth-order valence-electron chi connectivity index (χ4n) is 8.77. The maximum Gasteiger partial charge on any atom is 0.407 e. The average molecular weight is 1030 g/mol. The van der Waals surface area contributed by atoms with E-state index in [-0.39, 0.29) is 57.6 Å². The Bertz CT molecular complexity index is 2420. The number of fused-ring (bicyclic) bond motifs is 5. The topological polar surface area (TPSA) is 205 Å². The minimum Gasteiger partial charge on any atom is -0.493 e. The molecule has 3 aromatic carbocycles.